The van der Waals surface area contributed by atoms with E-state index in [-0.39, 0.29) is 6.54 Å². The third kappa shape index (κ3) is 4.20. The molecule has 148 valence electrons. The van der Waals surface area contributed by atoms with E-state index in [4.69, 9.17) is 14.2 Å². The van der Waals surface area contributed by atoms with Gasteiger partial charge in [-0.3, -0.25) is 0 Å². The van der Waals surface area contributed by atoms with Crippen molar-refractivity contribution in [2.45, 2.75) is 32.2 Å². The Morgan fingerprint density at radius 2 is 1.33 bits per heavy atom. The SMILES string of the molecule is COc1cc(CN(C)S(=O)(=O)c2c(C)cc(C)cc2C)cc(OC)c1OC. The monoisotopic (exact) mass is 393 g/mol. The summed E-state index contributed by atoms with van der Waals surface area (Å²) in [6.07, 6.45) is 0. The van der Waals surface area contributed by atoms with Crippen molar-refractivity contribution in [2.24, 2.45) is 0 Å². The lowest BCUT2D eigenvalue weighted by atomic mass is 10.1. The third-order valence-corrected chi connectivity index (χ3v) is 6.51. The van der Waals surface area contributed by atoms with E-state index in [9.17, 15) is 8.42 Å². The van der Waals surface area contributed by atoms with E-state index in [2.05, 4.69) is 0 Å². The molecule has 27 heavy (non-hydrogen) atoms. The Morgan fingerprint density at radius 1 is 0.852 bits per heavy atom. The Balaban J connectivity index is 2.44. The van der Waals surface area contributed by atoms with Crippen LogP contribution in [0.1, 0.15) is 22.3 Å². The van der Waals surface area contributed by atoms with Crippen LogP contribution >= 0.6 is 0 Å². The molecule has 0 unspecified atom stereocenters. The summed E-state index contributed by atoms with van der Waals surface area (Å²) in [5.41, 5.74) is 3.25. The van der Waals surface area contributed by atoms with Gasteiger partial charge in [-0.05, 0) is 49.6 Å². The van der Waals surface area contributed by atoms with Gasteiger partial charge in [-0.15, -0.1) is 0 Å². The first-order valence-electron chi connectivity index (χ1n) is 8.48. The molecule has 2 aromatic carbocycles. The van der Waals surface area contributed by atoms with Crippen LogP contribution in [-0.2, 0) is 16.6 Å². The van der Waals surface area contributed by atoms with Gasteiger partial charge in [0.15, 0.2) is 11.5 Å². The van der Waals surface area contributed by atoms with Gasteiger partial charge in [0.2, 0.25) is 15.8 Å². The highest BCUT2D eigenvalue weighted by Gasteiger charge is 2.26. The van der Waals surface area contributed by atoms with Crippen LogP contribution in [0.5, 0.6) is 17.2 Å². The quantitative estimate of drug-likeness (QED) is 0.721. The van der Waals surface area contributed by atoms with Crippen LogP contribution in [0.3, 0.4) is 0 Å². The molecule has 7 heteroatoms. The Hall–Kier alpha value is -2.25. The molecule has 0 atom stereocenters. The molecule has 0 aromatic heterocycles. The maximum absolute atomic E-state index is 13.2. The number of hydrogen-bond donors (Lipinski definition) is 0. The molecule has 0 aliphatic heterocycles. The van der Waals surface area contributed by atoms with Gasteiger partial charge in [0.1, 0.15) is 0 Å². The summed E-state index contributed by atoms with van der Waals surface area (Å²) in [6, 6.07) is 7.27. The van der Waals surface area contributed by atoms with Crippen LogP contribution in [-0.4, -0.2) is 41.1 Å². The number of benzene rings is 2. The van der Waals surface area contributed by atoms with Crippen LogP contribution in [0.2, 0.25) is 0 Å². The van der Waals surface area contributed by atoms with Crippen molar-refractivity contribution >= 4 is 10.0 Å². The summed E-state index contributed by atoms with van der Waals surface area (Å²) in [7, 11) is 2.50. The summed E-state index contributed by atoms with van der Waals surface area (Å²) in [5, 5.41) is 0. The zero-order valence-electron chi connectivity index (χ0n) is 16.9. The average Bonchev–Trinajstić information content (AvgIpc) is 2.59. The van der Waals surface area contributed by atoms with Crippen molar-refractivity contribution in [3.05, 3.63) is 46.5 Å². The van der Waals surface area contributed by atoms with E-state index >= 15 is 0 Å². The van der Waals surface area contributed by atoms with Gasteiger partial charge < -0.3 is 14.2 Å². The van der Waals surface area contributed by atoms with Crippen molar-refractivity contribution in [3.8, 4) is 17.2 Å². The highest BCUT2D eigenvalue weighted by molar-refractivity contribution is 7.89. The van der Waals surface area contributed by atoms with E-state index in [0.29, 0.717) is 22.1 Å². The summed E-state index contributed by atoms with van der Waals surface area (Å²) in [4.78, 5) is 0.350. The van der Waals surface area contributed by atoms with Crippen LogP contribution in [0.15, 0.2) is 29.2 Å². The van der Waals surface area contributed by atoms with Crippen LogP contribution < -0.4 is 14.2 Å². The second kappa shape index (κ2) is 8.19. The fraction of sp³-hybridized carbons (Fsp3) is 0.400. The number of aryl methyl sites for hydroxylation is 3. The van der Waals surface area contributed by atoms with Gasteiger partial charge in [0.05, 0.1) is 26.2 Å². The smallest absolute Gasteiger partial charge is 0.243 e. The Morgan fingerprint density at radius 3 is 1.74 bits per heavy atom. The highest BCUT2D eigenvalue weighted by Crippen LogP contribution is 2.38. The predicted molar refractivity (Wildman–Crippen MR) is 105 cm³/mol. The molecule has 0 spiro atoms. The fourth-order valence-corrected chi connectivity index (χ4v) is 4.86. The van der Waals surface area contributed by atoms with Gasteiger partial charge in [-0.25, -0.2) is 8.42 Å². The molecule has 0 saturated carbocycles. The summed E-state index contributed by atoms with van der Waals surface area (Å²) < 4.78 is 43.7. The number of hydrogen-bond acceptors (Lipinski definition) is 5. The maximum Gasteiger partial charge on any atom is 0.243 e. The van der Waals surface area contributed by atoms with Crippen LogP contribution in [0.25, 0.3) is 0 Å². The number of nitrogens with zero attached hydrogens (tertiary/aromatic N) is 1. The summed E-state index contributed by atoms with van der Waals surface area (Å²) in [6.45, 7) is 5.77. The molecule has 0 fully saturated rings. The molecule has 0 saturated heterocycles. The molecule has 0 heterocycles. The molecule has 0 amide bonds. The maximum atomic E-state index is 13.2. The van der Waals surface area contributed by atoms with Crippen molar-refractivity contribution in [1.82, 2.24) is 4.31 Å². The van der Waals surface area contributed by atoms with E-state index in [1.165, 1.54) is 25.6 Å². The molecular weight excluding hydrogens is 366 g/mol. The Bertz CT molecular complexity index is 889. The lowest BCUT2D eigenvalue weighted by Gasteiger charge is -2.21. The topological polar surface area (TPSA) is 65.1 Å². The third-order valence-electron chi connectivity index (χ3n) is 4.40. The lowest BCUT2D eigenvalue weighted by molar-refractivity contribution is 0.323. The molecule has 0 N–H and O–H groups in total. The zero-order chi connectivity index (χ0) is 20.4. The van der Waals surface area contributed by atoms with Crippen LogP contribution in [0.4, 0.5) is 0 Å². The van der Waals surface area contributed by atoms with Crippen LogP contribution in [0, 0.1) is 20.8 Å². The summed E-state index contributed by atoms with van der Waals surface area (Å²) >= 11 is 0. The highest BCUT2D eigenvalue weighted by atomic mass is 32.2. The van der Waals surface area contributed by atoms with Crippen molar-refractivity contribution < 1.29 is 22.6 Å². The van der Waals surface area contributed by atoms with Gasteiger partial charge in [-0.2, -0.15) is 4.31 Å². The number of ether oxygens (including phenoxy) is 3. The molecule has 2 aromatic rings. The van der Waals surface area contributed by atoms with Crippen molar-refractivity contribution in [3.63, 3.8) is 0 Å². The number of methoxy groups -OCH3 is 3. The molecule has 0 aliphatic carbocycles. The van der Waals surface area contributed by atoms with Crippen molar-refractivity contribution in [1.29, 1.82) is 0 Å². The number of rotatable bonds is 7. The van der Waals surface area contributed by atoms with E-state index in [0.717, 1.165) is 22.3 Å². The molecule has 0 radical (unpaired) electrons. The average molecular weight is 394 g/mol. The first kappa shape index (κ1) is 21.1. The van der Waals surface area contributed by atoms with Gasteiger partial charge in [0.25, 0.3) is 0 Å². The molecule has 2 rings (SSSR count). The zero-order valence-corrected chi connectivity index (χ0v) is 17.7. The minimum Gasteiger partial charge on any atom is -0.493 e. The Kier molecular flexibility index (Phi) is 6.38. The second-order valence-corrected chi connectivity index (χ2v) is 8.50. The van der Waals surface area contributed by atoms with Gasteiger partial charge in [0, 0.05) is 13.6 Å². The number of sulfonamides is 1. The van der Waals surface area contributed by atoms with Crippen molar-refractivity contribution in [2.75, 3.05) is 28.4 Å². The first-order chi connectivity index (χ1) is 12.6. The summed E-state index contributed by atoms with van der Waals surface area (Å²) in [5.74, 6) is 1.44. The second-order valence-electron chi connectivity index (χ2n) is 6.52. The van der Waals surface area contributed by atoms with Gasteiger partial charge >= 0.3 is 0 Å². The molecule has 0 bridgehead atoms. The molecule has 6 nitrogen and oxygen atoms in total. The molecular formula is C20H27NO5S. The first-order valence-corrected chi connectivity index (χ1v) is 9.92. The standard InChI is InChI=1S/C20H27NO5S/c1-13-8-14(2)20(15(3)9-13)27(22,23)21(4)12-16-10-17(24-5)19(26-7)18(11-16)25-6/h8-11H,12H2,1-7H3. The Labute approximate surface area is 161 Å². The van der Waals surface area contributed by atoms with Gasteiger partial charge in [-0.1, -0.05) is 17.7 Å². The predicted octanol–water partition coefficient (Wildman–Crippen LogP) is 3.46. The van der Waals surface area contributed by atoms with E-state index in [1.54, 1.807) is 19.2 Å². The minimum absolute atomic E-state index is 0.172. The molecule has 0 aliphatic rings. The lowest BCUT2D eigenvalue weighted by Crippen LogP contribution is -2.28. The normalized spacial score (nSPS) is 11.6. The van der Waals surface area contributed by atoms with E-state index < -0.39 is 10.0 Å². The van der Waals surface area contributed by atoms with E-state index in [1.807, 2.05) is 32.9 Å². The minimum atomic E-state index is -3.65. The largest absolute Gasteiger partial charge is 0.493 e. The fourth-order valence-electron chi connectivity index (χ4n) is 3.30.